The lowest BCUT2D eigenvalue weighted by Gasteiger charge is -2.06. The van der Waals surface area contributed by atoms with E-state index >= 15 is 0 Å². The number of aromatic nitrogens is 4. The van der Waals surface area contributed by atoms with Gasteiger partial charge in [-0.25, -0.2) is 13.8 Å². The Morgan fingerprint density at radius 3 is 2.85 bits per heavy atom. The van der Waals surface area contributed by atoms with E-state index in [1.54, 1.807) is 0 Å². The highest BCUT2D eigenvalue weighted by atomic mass is 32.1. The first kappa shape index (κ1) is 12.7. The molecule has 20 heavy (non-hydrogen) atoms. The lowest BCUT2D eigenvalue weighted by Crippen LogP contribution is -2.01. The molecule has 1 aromatic carbocycles. The van der Waals surface area contributed by atoms with Gasteiger partial charge in [-0.15, -0.1) is 0 Å². The summed E-state index contributed by atoms with van der Waals surface area (Å²) in [6.07, 6.45) is 1.26. The van der Waals surface area contributed by atoms with Gasteiger partial charge in [0.2, 0.25) is 5.88 Å². The van der Waals surface area contributed by atoms with Crippen LogP contribution in [0, 0.1) is 16.4 Å². The molecular weight excluding hydrogens is 286 g/mol. The van der Waals surface area contributed by atoms with Gasteiger partial charge in [-0.1, -0.05) is 6.07 Å². The molecule has 102 valence electrons. The molecule has 0 aliphatic carbocycles. The molecule has 0 aliphatic rings. The monoisotopic (exact) mass is 294 g/mol. The molecule has 2 aromatic heterocycles. The lowest BCUT2D eigenvalue weighted by atomic mass is 10.3. The van der Waals surface area contributed by atoms with Gasteiger partial charge in [-0.3, -0.25) is 4.57 Å². The summed E-state index contributed by atoms with van der Waals surface area (Å²) in [5, 5.41) is 0. The molecule has 0 saturated heterocycles. The summed E-state index contributed by atoms with van der Waals surface area (Å²) in [4.78, 5) is 10.8. The van der Waals surface area contributed by atoms with E-state index in [2.05, 4.69) is 15.0 Å². The van der Waals surface area contributed by atoms with Crippen molar-refractivity contribution in [1.82, 2.24) is 19.5 Å². The fourth-order valence-electron chi connectivity index (χ4n) is 1.94. The number of nitrogens with one attached hydrogen (secondary N) is 1. The molecular formula is C12H8F2N4OS. The Hall–Kier alpha value is -2.35. The van der Waals surface area contributed by atoms with Gasteiger partial charge in [0.05, 0.1) is 12.8 Å². The van der Waals surface area contributed by atoms with Crippen molar-refractivity contribution in [1.29, 1.82) is 0 Å². The summed E-state index contributed by atoms with van der Waals surface area (Å²) in [6, 6.07) is 3.84. The number of rotatable bonds is 2. The summed E-state index contributed by atoms with van der Waals surface area (Å²) in [6.45, 7) is 0. The van der Waals surface area contributed by atoms with Crippen molar-refractivity contribution in [3.8, 4) is 11.6 Å². The van der Waals surface area contributed by atoms with Crippen molar-refractivity contribution in [2.75, 3.05) is 7.11 Å². The molecule has 8 heteroatoms. The predicted molar refractivity (Wildman–Crippen MR) is 70.5 cm³/mol. The molecule has 5 nitrogen and oxygen atoms in total. The van der Waals surface area contributed by atoms with Crippen molar-refractivity contribution in [2.24, 2.45) is 0 Å². The van der Waals surface area contributed by atoms with Crippen LogP contribution in [0.4, 0.5) is 8.78 Å². The number of nitrogens with zero attached hydrogens (tertiary/aromatic N) is 3. The molecule has 0 spiro atoms. The number of ether oxygens (including phenoxy) is 1. The van der Waals surface area contributed by atoms with Crippen LogP contribution >= 0.6 is 12.2 Å². The Balaban J connectivity index is 2.40. The van der Waals surface area contributed by atoms with E-state index in [0.717, 1.165) is 6.07 Å². The fourth-order valence-corrected chi connectivity index (χ4v) is 2.23. The number of imidazole rings is 1. The molecule has 0 aliphatic heterocycles. The van der Waals surface area contributed by atoms with E-state index in [1.165, 1.54) is 30.1 Å². The Morgan fingerprint density at radius 1 is 1.30 bits per heavy atom. The number of benzene rings is 1. The summed E-state index contributed by atoms with van der Waals surface area (Å²) >= 11 is 5.14. The second kappa shape index (κ2) is 4.64. The van der Waals surface area contributed by atoms with Crippen LogP contribution < -0.4 is 4.74 Å². The number of H-pyrrole nitrogens is 1. The summed E-state index contributed by atoms with van der Waals surface area (Å²) in [5.74, 6) is -1.68. The third-order valence-electron chi connectivity index (χ3n) is 2.80. The number of halogens is 2. The average molecular weight is 294 g/mol. The minimum Gasteiger partial charge on any atom is -0.479 e. The smallest absolute Gasteiger partial charge is 0.242 e. The standard InChI is InChI=1S/C12H8F2N4OS/c1-19-11-9-10(15-5-16-11)18(12(20)17-9)7-4-2-3-6(13)8(7)14/h2-5H,1H3,(H,17,20). The van der Waals surface area contributed by atoms with Crippen LogP contribution in [0.1, 0.15) is 0 Å². The highest BCUT2D eigenvalue weighted by Crippen LogP contribution is 2.25. The minimum atomic E-state index is -0.998. The number of hydrogen-bond acceptors (Lipinski definition) is 4. The van der Waals surface area contributed by atoms with Gasteiger partial charge in [0.15, 0.2) is 22.1 Å². The zero-order chi connectivity index (χ0) is 14.3. The molecule has 3 rings (SSSR count). The molecule has 1 N–H and O–H groups in total. The number of hydrogen-bond donors (Lipinski definition) is 1. The first-order chi connectivity index (χ1) is 9.63. The SMILES string of the molecule is COc1ncnc2c1[nH]c(=S)n2-c1cccc(F)c1F. The largest absolute Gasteiger partial charge is 0.479 e. The molecule has 0 fully saturated rings. The van der Waals surface area contributed by atoms with Crippen LogP contribution in [0.15, 0.2) is 24.5 Å². The van der Waals surface area contributed by atoms with Crippen molar-refractivity contribution >= 4 is 23.4 Å². The van der Waals surface area contributed by atoms with Gasteiger partial charge in [-0.05, 0) is 24.4 Å². The van der Waals surface area contributed by atoms with Gasteiger partial charge < -0.3 is 9.72 Å². The van der Waals surface area contributed by atoms with Gasteiger partial charge in [0.1, 0.15) is 11.8 Å². The summed E-state index contributed by atoms with van der Waals surface area (Å²) in [7, 11) is 1.44. The molecule has 0 unspecified atom stereocenters. The normalized spacial score (nSPS) is 10.9. The maximum absolute atomic E-state index is 13.9. The Bertz CT molecular complexity index is 858. The predicted octanol–water partition coefficient (Wildman–Crippen LogP) is 2.76. The van der Waals surface area contributed by atoms with E-state index < -0.39 is 11.6 Å². The second-order valence-electron chi connectivity index (χ2n) is 3.92. The Labute approximate surface area is 116 Å². The number of methoxy groups -OCH3 is 1. The maximum Gasteiger partial charge on any atom is 0.242 e. The zero-order valence-electron chi connectivity index (χ0n) is 10.2. The third-order valence-corrected chi connectivity index (χ3v) is 3.09. The first-order valence-corrected chi connectivity index (χ1v) is 5.98. The van der Waals surface area contributed by atoms with Crippen LogP contribution in [0.5, 0.6) is 5.88 Å². The average Bonchev–Trinajstić information content (AvgIpc) is 2.78. The van der Waals surface area contributed by atoms with E-state index in [9.17, 15) is 8.78 Å². The van der Waals surface area contributed by atoms with Gasteiger partial charge >= 0.3 is 0 Å². The topological polar surface area (TPSA) is 55.7 Å². The molecule has 0 atom stereocenters. The summed E-state index contributed by atoms with van der Waals surface area (Å²) in [5.41, 5.74) is 0.706. The van der Waals surface area contributed by atoms with Crippen LogP contribution in [-0.4, -0.2) is 26.6 Å². The summed E-state index contributed by atoms with van der Waals surface area (Å²) < 4.78 is 33.8. The molecule has 2 heterocycles. The zero-order valence-corrected chi connectivity index (χ0v) is 11.0. The van der Waals surface area contributed by atoms with Crippen LogP contribution in [0.25, 0.3) is 16.9 Å². The van der Waals surface area contributed by atoms with Gasteiger partial charge in [0, 0.05) is 0 Å². The number of aromatic amines is 1. The molecule has 0 amide bonds. The van der Waals surface area contributed by atoms with E-state index in [4.69, 9.17) is 17.0 Å². The van der Waals surface area contributed by atoms with Crippen LogP contribution in [0.2, 0.25) is 0 Å². The van der Waals surface area contributed by atoms with Crippen molar-refractivity contribution in [3.63, 3.8) is 0 Å². The minimum absolute atomic E-state index is 0.0259. The Kier molecular flexibility index (Phi) is 2.94. The third kappa shape index (κ3) is 1.76. The molecule has 3 aromatic rings. The second-order valence-corrected chi connectivity index (χ2v) is 4.31. The van der Waals surface area contributed by atoms with Gasteiger partial charge in [0.25, 0.3) is 0 Å². The number of fused-ring (bicyclic) bond motifs is 1. The first-order valence-electron chi connectivity index (χ1n) is 5.57. The van der Waals surface area contributed by atoms with Crippen molar-refractivity contribution in [2.45, 2.75) is 0 Å². The van der Waals surface area contributed by atoms with Crippen LogP contribution in [0.3, 0.4) is 0 Å². The molecule has 0 bridgehead atoms. The lowest BCUT2D eigenvalue weighted by molar-refractivity contribution is 0.401. The van der Waals surface area contributed by atoms with Crippen molar-refractivity contribution in [3.05, 3.63) is 40.9 Å². The van der Waals surface area contributed by atoms with Gasteiger partial charge in [-0.2, -0.15) is 4.98 Å². The Morgan fingerprint density at radius 2 is 2.10 bits per heavy atom. The molecule has 0 radical (unpaired) electrons. The van der Waals surface area contributed by atoms with E-state index in [0.29, 0.717) is 11.2 Å². The quantitative estimate of drug-likeness (QED) is 0.738. The van der Waals surface area contributed by atoms with Crippen molar-refractivity contribution < 1.29 is 13.5 Å². The highest BCUT2D eigenvalue weighted by molar-refractivity contribution is 7.71. The fraction of sp³-hybridized carbons (Fsp3) is 0.0833. The molecule has 0 saturated carbocycles. The van der Waals surface area contributed by atoms with Crippen LogP contribution in [-0.2, 0) is 0 Å². The van der Waals surface area contributed by atoms with E-state index in [-0.39, 0.29) is 16.3 Å². The van der Waals surface area contributed by atoms with E-state index in [1.807, 2.05) is 0 Å². The maximum atomic E-state index is 13.9. The highest BCUT2D eigenvalue weighted by Gasteiger charge is 2.17.